The highest BCUT2D eigenvalue weighted by Gasteiger charge is 2.17. The Morgan fingerprint density at radius 3 is 2.00 bits per heavy atom. The smallest absolute Gasteiger partial charge is 0.215 e. The molecule has 0 aliphatic carbocycles. The molecule has 4 nitrogen and oxygen atoms in total. The lowest BCUT2D eigenvalue weighted by Crippen LogP contribution is -2.19. The van der Waals surface area contributed by atoms with Gasteiger partial charge in [-0.1, -0.05) is 12.1 Å². The van der Waals surface area contributed by atoms with Gasteiger partial charge in [0.15, 0.2) is 0 Å². The third-order valence-electron chi connectivity index (χ3n) is 2.37. The Kier molecular flexibility index (Phi) is 3.36. The van der Waals surface area contributed by atoms with Gasteiger partial charge in [0, 0.05) is 19.8 Å². The van der Waals surface area contributed by atoms with Gasteiger partial charge in [-0.2, -0.15) is 0 Å². The summed E-state index contributed by atoms with van der Waals surface area (Å²) in [6.07, 6.45) is 0. The van der Waals surface area contributed by atoms with Crippen molar-refractivity contribution in [2.24, 2.45) is 5.14 Å². The largest absolute Gasteiger partial charge is 0.378 e. The standard InChI is InChI=1S/C10H16N2O2S/c1-8(15(11,13)14)9-4-6-10(7-5-9)12(2)3/h4-8H,1-3H3,(H2,11,13,14). The third kappa shape index (κ3) is 2.94. The number of rotatable bonds is 3. The van der Waals surface area contributed by atoms with Gasteiger partial charge in [-0.15, -0.1) is 0 Å². The van der Waals surface area contributed by atoms with Crippen molar-refractivity contribution in [3.8, 4) is 0 Å². The second kappa shape index (κ2) is 4.20. The van der Waals surface area contributed by atoms with Crippen molar-refractivity contribution in [2.45, 2.75) is 12.2 Å². The van der Waals surface area contributed by atoms with Gasteiger partial charge in [-0.05, 0) is 24.6 Å². The Morgan fingerprint density at radius 1 is 1.20 bits per heavy atom. The second-order valence-corrected chi connectivity index (χ2v) is 5.60. The van der Waals surface area contributed by atoms with Gasteiger partial charge >= 0.3 is 0 Å². The molecule has 0 fully saturated rings. The maximum atomic E-state index is 11.1. The van der Waals surface area contributed by atoms with E-state index >= 15 is 0 Å². The molecule has 5 heteroatoms. The van der Waals surface area contributed by atoms with E-state index < -0.39 is 15.3 Å². The minimum Gasteiger partial charge on any atom is -0.378 e. The van der Waals surface area contributed by atoms with E-state index in [1.54, 1.807) is 19.1 Å². The molecule has 1 unspecified atom stereocenters. The number of nitrogens with zero attached hydrogens (tertiary/aromatic N) is 1. The first-order valence-electron chi connectivity index (χ1n) is 4.61. The number of primary sulfonamides is 1. The highest BCUT2D eigenvalue weighted by molar-refractivity contribution is 7.89. The van der Waals surface area contributed by atoms with Crippen LogP contribution < -0.4 is 10.0 Å². The summed E-state index contributed by atoms with van der Waals surface area (Å²) >= 11 is 0. The fourth-order valence-electron chi connectivity index (χ4n) is 1.23. The minimum absolute atomic E-state index is 0.659. The first-order valence-corrected chi connectivity index (χ1v) is 6.22. The summed E-state index contributed by atoms with van der Waals surface area (Å²) < 4.78 is 22.2. The second-order valence-electron chi connectivity index (χ2n) is 3.72. The Labute approximate surface area is 90.8 Å². The van der Waals surface area contributed by atoms with Crippen molar-refractivity contribution in [3.63, 3.8) is 0 Å². The lowest BCUT2D eigenvalue weighted by Gasteiger charge is -2.14. The van der Waals surface area contributed by atoms with E-state index in [0.717, 1.165) is 5.69 Å². The normalized spacial score (nSPS) is 13.6. The van der Waals surface area contributed by atoms with Crippen molar-refractivity contribution in [3.05, 3.63) is 29.8 Å². The molecule has 0 radical (unpaired) electrons. The number of nitrogens with two attached hydrogens (primary N) is 1. The van der Waals surface area contributed by atoms with Crippen LogP contribution in [0.5, 0.6) is 0 Å². The molecule has 0 saturated heterocycles. The van der Waals surface area contributed by atoms with Crippen LogP contribution in [0.1, 0.15) is 17.7 Å². The predicted octanol–water partition coefficient (Wildman–Crippen LogP) is 1.10. The van der Waals surface area contributed by atoms with E-state index in [1.165, 1.54) is 0 Å². The molecule has 0 heterocycles. The van der Waals surface area contributed by atoms with Crippen LogP contribution in [0.25, 0.3) is 0 Å². The first kappa shape index (κ1) is 12.0. The van der Waals surface area contributed by atoms with Gasteiger partial charge in [0.05, 0.1) is 5.25 Å². The highest BCUT2D eigenvalue weighted by atomic mass is 32.2. The molecular formula is C10H16N2O2S. The molecule has 0 bridgehead atoms. The van der Waals surface area contributed by atoms with Gasteiger partial charge < -0.3 is 4.90 Å². The average Bonchev–Trinajstić information content (AvgIpc) is 2.15. The predicted molar refractivity (Wildman–Crippen MR) is 62.3 cm³/mol. The van der Waals surface area contributed by atoms with Gasteiger partial charge in [0.1, 0.15) is 0 Å². The van der Waals surface area contributed by atoms with Crippen LogP contribution in [0, 0.1) is 0 Å². The molecule has 1 atom stereocenters. The summed E-state index contributed by atoms with van der Waals surface area (Å²) in [4.78, 5) is 1.95. The number of sulfonamides is 1. The van der Waals surface area contributed by atoms with Crippen LogP contribution in [0.3, 0.4) is 0 Å². The summed E-state index contributed by atoms with van der Waals surface area (Å²) in [5.41, 5.74) is 1.74. The molecule has 2 N–H and O–H groups in total. The zero-order valence-electron chi connectivity index (χ0n) is 9.14. The lowest BCUT2D eigenvalue weighted by atomic mass is 10.1. The number of benzene rings is 1. The molecular weight excluding hydrogens is 212 g/mol. The first-order chi connectivity index (χ1) is 6.82. The fraction of sp³-hybridized carbons (Fsp3) is 0.400. The molecule has 15 heavy (non-hydrogen) atoms. The monoisotopic (exact) mass is 228 g/mol. The van der Waals surface area contributed by atoms with E-state index in [4.69, 9.17) is 5.14 Å². The molecule has 0 spiro atoms. The molecule has 1 aromatic rings. The van der Waals surface area contributed by atoms with Crippen molar-refractivity contribution in [1.29, 1.82) is 0 Å². The zero-order valence-corrected chi connectivity index (χ0v) is 9.95. The van der Waals surface area contributed by atoms with Gasteiger partial charge in [-0.3, -0.25) is 0 Å². The summed E-state index contributed by atoms with van der Waals surface area (Å²) in [6.45, 7) is 1.58. The van der Waals surface area contributed by atoms with E-state index in [0.29, 0.717) is 5.56 Å². The van der Waals surface area contributed by atoms with Crippen LogP contribution in [0.4, 0.5) is 5.69 Å². The van der Waals surface area contributed by atoms with E-state index in [2.05, 4.69) is 0 Å². The van der Waals surface area contributed by atoms with E-state index in [9.17, 15) is 8.42 Å². The van der Waals surface area contributed by atoms with Gasteiger partial charge in [-0.25, -0.2) is 13.6 Å². The Balaban J connectivity index is 3.00. The molecule has 1 rings (SSSR count). The number of anilines is 1. The number of hydrogen-bond donors (Lipinski definition) is 1. The van der Waals surface area contributed by atoms with E-state index in [1.807, 2.05) is 31.1 Å². The minimum atomic E-state index is -3.50. The molecule has 84 valence electrons. The topological polar surface area (TPSA) is 63.4 Å². The summed E-state index contributed by atoms with van der Waals surface area (Å²) in [6, 6.07) is 7.31. The van der Waals surface area contributed by atoms with Crippen molar-refractivity contribution in [2.75, 3.05) is 19.0 Å². The fourth-order valence-corrected chi connectivity index (χ4v) is 1.77. The Morgan fingerprint density at radius 2 is 1.67 bits per heavy atom. The van der Waals surface area contributed by atoms with Crippen molar-refractivity contribution >= 4 is 15.7 Å². The van der Waals surface area contributed by atoms with Crippen LogP contribution in [0.2, 0.25) is 0 Å². The van der Waals surface area contributed by atoms with Crippen molar-refractivity contribution in [1.82, 2.24) is 0 Å². The summed E-state index contributed by atoms with van der Waals surface area (Å²) in [7, 11) is 0.355. The Hall–Kier alpha value is -1.07. The molecule has 0 aliphatic rings. The van der Waals surface area contributed by atoms with Crippen LogP contribution in [-0.4, -0.2) is 22.5 Å². The lowest BCUT2D eigenvalue weighted by molar-refractivity contribution is 0.588. The molecule has 0 aromatic heterocycles. The van der Waals surface area contributed by atoms with Gasteiger partial charge in [0.25, 0.3) is 0 Å². The third-order valence-corrected chi connectivity index (χ3v) is 3.63. The Bertz CT molecular complexity index is 423. The molecule has 0 aliphatic heterocycles. The number of hydrogen-bond acceptors (Lipinski definition) is 3. The van der Waals surface area contributed by atoms with E-state index in [-0.39, 0.29) is 0 Å². The molecule has 1 aromatic carbocycles. The van der Waals surface area contributed by atoms with Gasteiger partial charge in [0.2, 0.25) is 10.0 Å². The highest BCUT2D eigenvalue weighted by Crippen LogP contribution is 2.21. The average molecular weight is 228 g/mol. The maximum Gasteiger partial charge on any atom is 0.215 e. The van der Waals surface area contributed by atoms with Crippen LogP contribution in [0.15, 0.2) is 24.3 Å². The summed E-state index contributed by atoms with van der Waals surface area (Å²) in [5.74, 6) is 0. The molecule has 0 amide bonds. The summed E-state index contributed by atoms with van der Waals surface area (Å²) in [5, 5.41) is 4.41. The maximum absolute atomic E-state index is 11.1. The van der Waals surface area contributed by atoms with Crippen LogP contribution >= 0.6 is 0 Å². The zero-order chi connectivity index (χ0) is 11.6. The SMILES string of the molecule is CC(c1ccc(N(C)C)cc1)S(N)(=O)=O. The molecule has 0 saturated carbocycles. The quantitative estimate of drug-likeness (QED) is 0.842. The van der Waals surface area contributed by atoms with Crippen LogP contribution in [-0.2, 0) is 10.0 Å². The van der Waals surface area contributed by atoms with Crippen molar-refractivity contribution < 1.29 is 8.42 Å².